The monoisotopic (exact) mass is 677 g/mol. The quantitative estimate of drug-likeness (QED) is 0.0597. The van der Waals surface area contributed by atoms with E-state index in [1.807, 2.05) is 30.3 Å². The maximum atomic E-state index is 14.5. The lowest BCUT2D eigenvalue weighted by Crippen LogP contribution is -2.28. The van der Waals surface area contributed by atoms with Gasteiger partial charge in [0, 0.05) is 16.9 Å². The molecular weight excluding hydrogens is 642 g/mol. The molecule has 0 spiro atoms. The van der Waals surface area contributed by atoms with Crippen LogP contribution in [0.3, 0.4) is 0 Å². The molecule has 0 fully saturated rings. The lowest BCUT2D eigenvalue weighted by Gasteiger charge is -2.18. The number of hydrogen-bond acceptors (Lipinski definition) is 10. The Labute approximate surface area is 287 Å². The highest BCUT2D eigenvalue weighted by molar-refractivity contribution is 6.18. The first-order valence-corrected chi connectivity index (χ1v) is 15.9. The molecule has 4 aromatic carbocycles. The number of nitrogens with zero attached hydrogens (tertiary/aromatic N) is 4. The minimum absolute atomic E-state index is 0.0264. The van der Waals surface area contributed by atoms with E-state index in [1.165, 1.54) is 22.9 Å². The number of methoxy groups -OCH3 is 1. The highest BCUT2D eigenvalue weighted by Crippen LogP contribution is 2.32. The van der Waals surface area contributed by atoms with Crippen LogP contribution in [0.15, 0.2) is 103 Å². The first-order valence-electron chi connectivity index (χ1n) is 15.9. The summed E-state index contributed by atoms with van der Waals surface area (Å²) in [5, 5.41) is 22.9. The van der Waals surface area contributed by atoms with Gasteiger partial charge in [0.15, 0.2) is 6.61 Å². The molecule has 0 radical (unpaired) electrons. The molecule has 1 atom stereocenters. The molecule has 0 aliphatic rings. The normalized spacial score (nSPS) is 11.3. The first-order chi connectivity index (χ1) is 24.3. The van der Waals surface area contributed by atoms with Gasteiger partial charge in [-0.25, -0.2) is 9.48 Å². The third kappa shape index (κ3) is 8.55. The van der Waals surface area contributed by atoms with Gasteiger partial charge in [0.25, 0.3) is 5.91 Å². The second-order valence-corrected chi connectivity index (χ2v) is 11.1. The van der Waals surface area contributed by atoms with Crippen LogP contribution in [0.5, 0.6) is 11.5 Å². The Morgan fingerprint density at radius 2 is 1.60 bits per heavy atom. The van der Waals surface area contributed by atoms with Crippen LogP contribution in [-0.4, -0.2) is 63.9 Å². The number of amides is 1. The lowest BCUT2D eigenvalue weighted by atomic mass is 10.0. The molecule has 0 saturated heterocycles. The van der Waals surface area contributed by atoms with Gasteiger partial charge in [0.2, 0.25) is 17.5 Å². The summed E-state index contributed by atoms with van der Waals surface area (Å²) >= 11 is 0. The number of rotatable bonds is 16. The Bertz CT molecular complexity index is 1950. The number of carbonyl (C=O) groups excluding carboxylic acids is 3. The summed E-state index contributed by atoms with van der Waals surface area (Å²) in [6, 6.07) is 28.2. The van der Waals surface area contributed by atoms with Crippen molar-refractivity contribution in [1.29, 1.82) is 0 Å². The highest BCUT2D eigenvalue weighted by Gasteiger charge is 2.31. The lowest BCUT2D eigenvalue weighted by molar-refractivity contribution is -0.525. The fourth-order valence-electron chi connectivity index (χ4n) is 5.18. The van der Waals surface area contributed by atoms with Gasteiger partial charge < -0.3 is 19.5 Å². The molecule has 50 heavy (non-hydrogen) atoms. The Balaban J connectivity index is 1.52. The van der Waals surface area contributed by atoms with E-state index in [9.17, 15) is 24.5 Å². The fourth-order valence-corrected chi connectivity index (χ4v) is 5.18. The van der Waals surface area contributed by atoms with Gasteiger partial charge in [-0.05, 0) is 60.9 Å². The number of ketones is 1. The van der Waals surface area contributed by atoms with Gasteiger partial charge in [-0.3, -0.25) is 19.7 Å². The summed E-state index contributed by atoms with van der Waals surface area (Å²) in [7, 11) is 1.54. The number of anilines is 1. The minimum atomic E-state index is -1.09. The Hall–Kier alpha value is -6.37. The van der Waals surface area contributed by atoms with Gasteiger partial charge in [0.1, 0.15) is 17.2 Å². The van der Waals surface area contributed by atoms with E-state index < -0.39 is 28.6 Å². The Morgan fingerprint density at radius 1 is 0.900 bits per heavy atom. The molecule has 0 aliphatic carbocycles. The van der Waals surface area contributed by atoms with Gasteiger partial charge in [0.05, 0.1) is 31.5 Å². The van der Waals surface area contributed by atoms with E-state index in [1.54, 1.807) is 68.6 Å². The van der Waals surface area contributed by atoms with Gasteiger partial charge in [-0.15, -0.1) is 5.10 Å². The van der Waals surface area contributed by atoms with Gasteiger partial charge in [-0.2, -0.15) is 0 Å². The van der Waals surface area contributed by atoms with Crippen molar-refractivity contribution in [2.45, 2.75) is 32.4 Å². The van der Waals surface area contributed by atoms with E-state index in [0.717, 1.165) is 11.1 Å². The van der Waals surface area contributed by atoms with E-state index in [-0.39, 0.29) is 54.6 Å². The number of para-hydroxylation sites is 1. The van der Waals surface area contributed by atoms with E-state index in [2.05, 4.69) is 15.6 Å². The van der Waals surface area contributed by atoms with Crippen molar-refractivity contribution in [1.82, 2.24) is 15.0 Å². The number of hydrogen-bond donors (Lipinski definition) is 1. The molecule has 1 N–H and O–H groups in total. The molecule has 1 heterocycles. The standard InChI is InChI=1S/C37H35N5O8/c1-3-49-37(45)33-34(41(40-39-33)23-26-18-21-29(48-2)22-19-26)35(43)30-15-10-16-31(32(30)38-36(44)27-13-8-5-9-14-27)50-24-28(42(46)47)20-17-25-11-6-4-7-12-25/h4-16,18-19,21-22,28H,3,17,20,23-24H2,1-2H3,(H,38,44). The van der Waals surface area contributed by atoms with Crippen molar-refractivity contribution < 1.29 is 33.5 Å². The number of aromatic nitrogens is 3. The van der Waals surface area contributed by atoms with Crippen LogP contribution in [0.2, 0.25) is 0 Å². The smallest absolute Gasteiger partial charge is 0.361 e. The van der Waals surface area contributed by atoms with Crippen LogP contribution in [-0.2, 0) is 17.7 Å². The average Bonchev–Trinajstić information content (AvgIpc) is 3.56. The molecule has 0 saturated carbocycles. The van der Waals surface area contributed by atoms with E-state index in [4.69, 9.17) is 14.2 Å². The summed E-state index contributed by atoms with van der Waals surface area (Å²) < 4.78 is 17.7. The number of benzene rings is 4. The van der Waals surface area contributed by atoms with Crippen molar-refractivity contribution in [2.24, 2.45) is 0 Å². The molecule has 5 aromatic rings. The van der Waals surface area contributed by atoms with Crippen molar-refractivity contribution in [3.8, 4) is 11.5 Å². The topological polar surface area (TPSA) is 165 Å². The summed E-state index contributed by atoms with van der Waals surface area (Å²) in [4.78, 5) is 52.6. The number of carbonyl (C=O) groups is 3. The third-order valence-electron chi connectivity index (χ3n) is 7.79. The summed E-state index contributed by atoms with van der Waals surface area (Å²) in [6.07, 6.45) is 0.647. The zero-order valence-corrected chi connectivity index (χ0v) is 27.5. The summed E-state index contributed by atoms with van der Waals surface area (Å²) in [6.45, 7) is 1.38. The Kier molecular flexibility index (Phi) is 11.6. The molecule has 0 aliphatic heterocycles. The van der Waals surface area contributed by atoms with Crippen LogP contribution < -0.4 is 14.8 Å². The predicted molar refractivity (Wildman–Crippen MR) is 183 cm³/mol. The molecule has 5 rings (SSSR count). The van der Waals surface area contributed by atoms with Crippen LogP contribution >= 0.6 is 0 Å². The summed E-state index contributed by atoms with van der Waals surface area (Å²) in [5.74, 6) is -1.47. The second kappa shape index (κ2) is 16.6. The second-order valence-electron chi connectivity index (χ2n) is 11.1. The van der Waals surface area contributed by atoms with Crippen molar-refractivity contribution in [2.75, 3.05) is 25.6 Å². The zero-order chi connectivity index (χ0) is 35.5. The maximum absolute atomic E-state index is 14.5. The van der Waals surface area contributed by atoms with E-state index >= 15 is 0 Å². The summed E-state index contributed by atoms with van der Waals surface area (Å²) in [5.41, 5.74) is 1.38. The number of esters is 1. The molecule has 0 bridgehead atoms. The SMILES string of the molecule is CCOC(=O)c1nnn(Cc2ccc(OC)cc2)c1C(=O)c1cccc(OCC(CCc2ccccc2)[N+](=O)[O-])c1NC(=O)c1ccccc1. The van der Waals surface area contributed by atoms with Crippen molar-refractivity contribution in [3.63, 3.8) is 0 Å². The van der Waals surface area contributed by atoms with Crippen molar-refractivity contribution in [3.05, 3.63) is 147 Å². The van der Waals surface area contributed by atoms with Gasteiger partial charge >= 0.3 is 5.97 Å². The number of ether oxygens (including phenoxy) is 3. The molecule has 13 nitrogen and oxygen atoms in total. The first kappa shape index (κ1) is 35.0. The number of aryl methyl sites for hydroxylation is 1. The molecule has 13 heteroatoms. The molecule has 1 unspecified atom stereocenters. The predicted octanol–water partition coefficient (Wildman–Crippen LogP) is 5.65. The highest BCUT2D eigenvalue weighted by atomic mass is 16.6. The largest absolute Gasteiger partial charge is 0.497 e. The number of nitrogens with one attached hydrogen (secondary N) is 1. The van der Waals surface area contributed by atoms with Crippen LogP contribution in [0.4, 0.5) is 5.69 Å². The van der Waals surface area contributed by atoms with Gasteiger partial charge in [-0.1, -0.05) is 71.9 Å². The van der Waals surface area contributed by atoms with Crippen LogP contribution in [0.25, 0.3) is 0 Å². The minimum Gasteiger partial charge on any atom is -0.497 e. The molecule has 1 aromatic heterocycles. The van der Waals surface area contributed by atoms with Crippen LogP contribution in [0.1, 0.15) is 61.4 Å². The Morgan fingerprint density at radius 3 is 2.26 bits per heavy atom. The molecule has 1 amide bonds. The van der Waals surface area contributed by atoms with Crippen LogP contribution in [0, 0.1) is 10.1 Å². The molecular formula is C37H35N5O8. The number of nitro groups is 1. The average molecular weight is 678 g/mol. The van der Waals surface area contributed by atoms with E-state index in [0.29, 0.717) is 17.7 Å². The third-order valence-corrected chi connectivity index (χ3v) is 7.79. The fraction of sp³-hybridized carbons (Fsp3) is 0.216. The maximum Gasteiger partial charge on any atom is 0.361 e. The van der Waals surface area contributed by atoms with Crippen molar-refractivity contribution >= 4 is 23.3 Å². The molecule has 256 valence electrons. The zero-order valence-electron chi connectivity index (χ0n) is 27.5.